The molecule has 100 valence electrons. The third-order valence-corrected chi connectivity index (χ3v) is 3.98. The van der Waals surface area contributed by atoms with Crippen molar-refractivity contribution < 1.29 is 9.53 Å². The molecule has 1 aromatic heterocycles. The monoisotopic (exact) mass is 295 g/mol. The summed E-state index contributed by atoms with van der Waals surface area (Å²) in [4.78, 5) is 11.7. The summed E-state index contributed by atoms with van der Waals surface area (Å²) in [6.07, 6.45) is 0. The van der Waals surface area contributed by atoms with Gasteiger partial charge in [0.25, 0.3) is 0 Å². The number of nitrogens with one attached hydrogen (secondary N) is 1. The van der Waals surface area contributed by atoms with Gasteiger partial charge in [-0.1, -0.05) is 23.1 Å². The second-order valence-electron chi connectivity index (χ2n) is 3.50. The highest BCUT2D eigenvalue weighted by Crippen LogP contribution is 2.20. The van der Waals surface area contributed by atoms with Crippen LogP contribution >= 0.6 is 23.1 Å². The van der Waals surface area contributed by atoms with Crippen molar-refractivity contribution in [1.82, 2.24) is 10.2 Å². The van der Waals surface area contributed by atoms with Gasteiger partial charge >= 0.3 is 0 Å². The molecule has 5 nitrogen and oxygen atoms in total. The van der Waals surface area contributed by atoms with E-state index >= 15 is 0 Å². The lowest BCUT2D eigenvalue weighted by Crippen LogP contribution is -2.13. The Labute approximate surface area is 119 Å². The van der Waals surface area contributed by atoms with E-state index in [0.29, 0.717) is 12.4 Å². The first-order chi connectivity index (χ1) is 9.28. The molecule has 0 radical (unpaired) electrons. The van der Waals surface area contributed by atoms with Crippen LogP contribution in [0.15, 0.2) is 34.1 Å². The highest BCUT2D eigenvalue weighted by molar-refractivity contribution is 8.01. The summed E-state index contributed by atoms with van der Waals surface area (Å²) in [5.74, 6) is 1.05. The van der Waals surface area contributed by atoms with Crippen LogP contribution in [0, 0.1) is 0 Å². The Morgan fingerprint density at radius 2 is 2.21 bits per heavy atom. The third-order valence-electron chi connectivity index (χ3n) is 2.12. The Kier molecular flexibility index (Phi) is 5.17. The molecule has 0 fully saturated rings. The van der Waals surface area contributed by atoms with E-state index in [0.717, 1.165) is 15.8 Å². The van der Waals surface area contributed by atoms with Gasteiger partial charge < -0.3 is 10.1 Å². The van der Waals surface area contributed by atoms with Crippen molar-refractivity contribution in [2.45, 2.75) is 11.3 Å². The van der Waals surface area contributed by atoms with Crippen LogP contribution in [0.25, 0.3) is 0 Å². The number of hydrogen-bond donors (Lipinski definition) is 1. The van der Waals surface area contributed by atoms with Crippen molar-refractivity contribution in [3.05, 3.63) is 29.8 Å². The number of aromatic nitrogens is 2. The normalized spacial score (nSPS) is 10.2. The molecule has 1 heterocycles. The zero-order chi connectivity index (χ0) is 13.5. The minimum atomic E-state index is -0.0654. The lowest BCUT2D eigenvalue weighted by molar-refractivity contribution is -0.113. The molecule has 1 N–H and O–H groups in total. The number of thioether (sulfide) groups is 1. The van der Waals surface area contributed by atoms with Crippen molar-refractivity contribution >= 4 is 34.7 Å². The van der Waals surface area contributed by atoms with Crippen molar-refractivity contribution in [1.29, 1.82) is 0 Å². The smallest absolute Gasteiger partial charge is 0.234 e. The fourth-order valence-electron chi connectivity index (χ4n) is 1.35. The van der Waals surface area contributed by atoms with Crippen LogP contribution in [0.4, 0.5) is 5.69 Å². The van der Waals surface area contributed by atoms with Gasteiger partial charge in [-0.15, -0.1) is 10.2 Å². The zero-order valence-corrected chi connectivity index (χ0v) is 12.0. The van der Waals surface area contributed by atoms with E-state index in [9.17, 15) is 4.79 Å². The summed E-state index contributed by atoms with van der Waals surface area (Å²) in [7, 11) is 0. The number of carbonyl (C=O) groups is 1. The molecule has 2 aromatic rings. The van der Waals surface area contributed by atoms with Gasteiger partial charge in [-0.25, -0.2) is 0 Å². The zero-order valence-electron chi connectivity index (χ0n) is 10.3. The van der Waals surface area contributed by atoms with Crippen LogP contribution in [0.1, 0.15) is 6.92 Å². The summed E-state index contributed by atoms with van der Waals surface area (Å²) in [5.41, 5.74) is 2.40. The molecular formula is C12H13N3O2S2. The number of carbonyl (C=O) groups excluding carboxylic acids is 1. The molecule has 0 unspecified atom stereocenters. The third kappa shape index (κ3) is 4.53. The Morgan fingerprint density at radius 3 is 2.84 bits per heavy atom. The van der Waals surface area contributed by atoms with E-state index in [-0.39, 0.29) is 5.91 Å². The van der Waals surface area contributed by atoms with E-state index < -0.39 is 0 Å². The van der Waals surface area contributed by atoms with Crippen LogP contribution in [0.3, 0.4) is 0 Å². The molecular weight excluding hydrogens is 282 g/mol. The molecule has 19 heavy (non-hydrogen) atoms. The van der Waals surface area contributed by atoms with E-state index in [1.54, 1.807) is 5.51 Å². The van der Waals surface area contributed by atoms with Crippen LogP contribution in [-0.2, 0) is 4.79 Å². The first kappa shape index (κ1) is 13.8. The Balaban J connectivity index is 1.81. The van der Waals surface area contributed by atoms with E-state index in [1.165, 1.54) is 23.1 Å². The van der Waals surface area contributed by atoms with E-state index in [2.05, 4.69) is 15.5 Å². The second-order valence-corrected chi connectivity index (χ2v) is 5.55. The summed E-state index contributed by atoms with van der Waals surface area (Å²) < 4.78 is 6.13. The molecule has 2 rings (SSSR count). The van der Waals surface area contributed by atoms with Gasteiger partial charge in [-0.05, 0) is 31.2 Å². The van der Waals surface area contributed by atoms with Crippen molar-refractivity contribution in [2.24, 2.45) is 0 Å². The average Bonchev–Trinajstić information content (AvgIpc) is 2.92. The standard InChI is InChI=1S/C12H13N3O2S2/c1-2-17-10-5-3-9(4-6-10)14-11(16)7-18-12-15-13-8-19-12/h3-6,8H,2,7H2,1H3,(H,14,16). The summed E-state index contributed by atoms with van der Waals surface area (Å²) in [6.45, 7) is 2.56. The fraction of sp³-hybridized carbons (Fsp3) is 0.250. The molecule has 0 atom stereocenters. The molecule has 1 aromatic carbocycles. The van der Waals surface area contributed by atoms with Crippen molar-refractivity contribution in [2.75, 3.05) is 17.7 Å². The first-order valence-electron chi connectivity index (χ1n) is 5.69. The van der Waals surface area contributed by atoms with Gasteiger partial charge in [0.05, 0.1) is 12.4 Å². The minimum absolute atomic E-state index is 0.0654. The second kappa shape index (κ2) is 7.10. The fourth-order valence-corrected chi connectivity index (χ4v) is 2.64. The number of anilines is 1. The summed E-state index contributed by atoms with van der Waals surface area (Å²) in [6, 6.07) is 7.30. The highest BCUT2D eigenvalue weighted by atomic mass is 32.2. The van der Waals surface area contributed by atoms with Crippen LogP contribution in [0.2, 0.25) is 0 Å². The van der Waals surface area contributed by atoms with Gasteiger partial charge in [-0.3, -0.25) is 4.79 Å². The number of rotatable bonds is 6. The first-order valence-corrected chi connectivity index (χ1v) is 7.56. The Hall–Kier alpha value is -1.60. The van der Waals surface area contributed by atoms with Gasteiger partial charge in [0.15, 0.2) is 4.34 Å². The molecule has 0 bridgehead atoms. The molecule has 0 spiro atoms. The predicted octanol–water partition coefficient (Wildman–Crippen LogP) is 2.67. The minimum Gasteiger partial charge on any atom is -0.494 e. The lowest BCUT2D eigenvalue weighted by Gasteiger charge is -2.06. The Morgan fingerprint density at radius 1 is 1.42 bits per heavy atom. The molecule has 7 heteroatoms. The summed E-state index contributed by atoms with van der Waals surface area (Å²) >= 11 is 2.80. The highest BCUT2D eigenvalue weighted by Gasteiger charge is 2.05. The van der Waals surface area contributed by atoms with Crippen LogP contribution in [0.5, 0.6) is 5.75 Å². The van der Waals surface area contributed by atoms with Gasteiger partial charge in [0, 0.05) is 5.69 Å². The molecule has 0 aliphatic rings. The number of amides is 1. The molecule has 0 saturated heterocycles. The maximum absolute atomic E-state index is 11.7. The average molecular weight is 295 g/mol. The molecule has 0 aliphatic heterocycles. The van der Waals surface area contributed by atoms with Crippen LogP contribution in [-0.4, -0.2) is 28.5 Å². The number of nitrogens with zero attached hydrogens (tertiary/aromatic N) is 2. The topological polar surface area (TPSA) is 64.1 Å². The molecule has 0 aliphatic carbocycles. The largest absolute Gasteiger partial charge is 0.494 e. The Bertz CT molecular complexity index is 514. The lowest BCUT2D eigenvalue weighted by atomic mass is 10.3. The SMILES string of the molecule is CCOc1ccc(NC(=O)CSc2nncs2)cc1. The van der Waals surface area contributed by atoms with Gasteiger partial charge in [0.1, 0.15) is 11.3 Å². The van der Waals surface area contributed by atoms with Crippen LogP contribution < -0.4 is 10.1 Å². The maximum atomic E-state index is 11.7. The van der Waals surface area contributed by atoms with Gasteiger partial charge in [-0.2, -0.15) is 0 Å². The van der Waals surface area contributed by atoms with E-state index in [4.69, 9.17) is 4.74 Å². The number of hydrogen-bond acceptors (Lipinski definition) is 6. The summed E-state index contributed by atoms with van der Waals surface area (Å²) in [5, 5.41) is 10.4. The quantitative estimate of drug-likeness (QED) is 0.830. The predicted molar refractivity (Wildman–Crippen MR) is 76.9 cm³/mol. The van der Waals surface area contributed by atoms with Crippen molar-refractivity contribution in [3.63, 3.8) is 0 Å². The number of benzene rings is 1. The molecule has 0 saturated carbocycles. The van der Waals surface area contributed by atoms with Gasteiger partial charge in [0.2, 0.25) is 5.91 Å². The maximum Gasteiger partial charge on any atom is 0.234 e. The van der Waals surface area contributed by atoms with E-state index in [1.807, 2.05) is 31.2 Å². The molecule has 1 amide bonds. The number of ether oxygens (including phenoxy) is 1. The van der Waals surface area contributed by atoms with Crippen molar-refractivity contribution in [3.8, 4) is 5.75 Å².